The highest BCUT2D eigenvalue weighted by molar-refractivity contribution is 5.98. The molecule has 1 aliphatic rings. The first-order chi connectivity index (χ1) is 8.37. The van der Waals surface area contributed by atoms with Crippen molar-refractivity contribution < 1.29 is 14.7 Å². The Morgan fingerprint density at radius 3 is 2.39 bits per heavy atom. The van der Waals surface area contributed by atoms with Gasteiger partial charge in [0.05, 0.1) is 6.54 Å². The number of amides is 2. The van der Waals surface area contributed by atoms with Crippen LogP contribution in [0.5, 0.6) is 5.75 Å². The first-order valence-corrected chi connectivity index (χ1v) is 5.98. The van der Waals surface area contributed by atoms with Gasteiger partial charge in [0.15, 0.2) is 0 Å². The van der Waals surface area contributed by atoms with E-state index in [1.807, 2.05) is 13.8 Å². The molecule has 1 fully saturated rings. The van der Waals surface area contributed by atoms with E-state index >= 15 is 0 Å². The number of carbonyl (C=O) groups excluding carboxylic acids is 2. The fourth-order valence-electron chi connectivity index (χ4n) is 2.22. The zero-order chi connectivity index (χ0) is 13.3. The summed E-state index contributed by atoms with van der Waals surface area (Å²) in [5, 5.41) is 9.37. The number of likely N-dealkylation sites (tertiary alicyclic amines) is 1. The maximum Gasteiger partial charge on any atom is 0.230 e. The summed E-state index contributed by atoms with van der Waals surface area (Å²) < 4.78 is 0. The number of imide groups is 1. The molecule has 2 rings (SSSR count). The predicted octanol–water partition coefficient (Wildman–Crippen LogP) is 2.07. The Hall–Kier alpha value is -1.84. The number of nitrogens with zero attached hydrogens (tertiary/aromatic N) is 1. The standard InChI is InChI=1S/C14H17NO3/c1-14(2)7-12(17)15(13(18)8-14)9-10-4-3-5-11(16)6-10/h3-6,16H,7-9H2,1-2H3. The second-order valence-corrected chi connectivity index (χ2v) is 5.56. The molecule has 1 aromatic carbocycles. The van der Waals surface area contributed by atoms with Crippen molar-refractivity contribution in [2.45, 2.75) is 33.2 Å². The van der Waals surface area contributed by atoms with E-state index in [0.717, 1.165) is 5.56 Å². The van der Waals surface area contributed by atoms with E-state index in [1.54, 1.807) is 24.3 Å². The lowest BCUT2D eigenvalue weighted by atomic mass is 9.81. The summed E-state index contributed by atoms with van der Waals surface area (Å²) in [7, 11) is 0. The quantitative estimate of drug-likeness (QED) is 0.814. The fraction of sp³-hybridized carbons (Fsp3) is 0.429. The molecule has 0 radical (unpaired) electrons. The van der Waals surface area contributed by atoms with Crippen LogP contribution < -0.4 is 0 Å². The summed E-state index contributed by atoms with van der Waals surface area (Å²) in [5.74, 6) is -0.135. The van der Waals surface area contributed by atoms with E-state index in [9.17, 15) is 14.7 Å². The molecule has 1 heterocycles. The van der Waals surface area contributed by atoms with Crippen LogP contribution in [-0.4, -0.2) is 21.8 Å². The lowest BCUT2D eigenvalue weighted by Gasteiger charge is -2.34. The van der Waals surface area contributed by atoms with Crippen molar-refractivity contribution >= 4 is 11.8 Å². The molecule has 0 saturated carbocycles. The summed E-state index contributed by atoms with van der Waals surface area (Å²) in [5.41, 5.74) is 0.514. The maximum absolute atomic E-state index is 12.0. The number of piperidine rings is 1. The molecule has 1 aromatic rings. The van der Waals surface area contributed by atoms with Gasteiger partial charge in [0.1, 0.15) is 5.75 Å². The molecule has 4 nitrogen and oxygen atoms in total. The third kappa shape index (κ3) is 2.70. The highest BCUT2D eigenvalue weighted by atomic mass is 16.3. The first-order valence-electron chi connectivity index (χ1n) is 5.98. The number of phenols is 1. The van der Waals surface area contributed by atoms with Crippen LogP contribution in [0.25, 0.3) is 0 Å². The predicted molar refractivity (Wildman–Crippen MR) is 66.7 cm³/mol. The van der Waals surface area contributed by atoms with Crippen molar-refractivity contribution in [1.29, 1.82) is 0 Å². The molecule has 2 amide bonds. The highest BCUT2D eigenvalue weighted by Crippen LogP contribution is 2.32. The van der Waals surface area contributed by atoms with E-state index < -0.39 is 0 Å². The maximum atomic E-state index is 12.0. The molecule has 18 heavy (non-hydrogen) atoms. The van der Waals surface area contributed by atoms with Crippen LogP contribution in [0.15, 0.2) is 24.3 Å². The fourth-order valence-corrected chi connectivity index (χ4v) is 2.22. The molecular formula is C14H17NO3. The van der Waals surface area contributed by atoms with E-state index in [0.29, 0.717) is 12.8 Å². The van der Waals surface area contributed by atoms with Crippen molar-refractivity contribution in [2.24, 2.45) is 5.41 Å². The molecule has 1 N–H and O–H groups in total. The molecule has 0 spiro atoms. The van der Waals surface area contributed by atoms with E-state index in [2.05, 4.69) is 0 Å². The van der Waals surface area contributed by atoms with Crippen molar-refractivity contribution in [3.8, 4) is 5.75 Å². The Morgan fingerprint density at radius 1 is 1.22 bits per heavy atom. The molecule has 1 aliphatic heterocycles. The van der Waals surface area contributed by atoms with E-state index in [4.69, 9.17) is 0 Å². The van der Waals surface area contributed by atoms with Gasteiger partial charge in [0.2, 0.25) is 11.8 Å². The Labute approximate surface area is 106 Å². The van der Waals surface area contributed by atoms with Crippen molar-refractivity contribution in [1.82, 2.24) is 4.90 Å². The van der Waals surface area contributed by atoms with Crippen molar-refractivity contribution in [3.63, 3.8) is 0 Å². The zero-order valence-electron chi connectivity index (χ0n) is 10.6. The topological polar surface area (TPSA) is 57.6 Å². The molecule has 0 aliphatic carbocycles. The third-order valence-electron chi connectivity index (χ3n) is 3.11. The van der Waals surface area contributed by atoms with Crippen LogP contribution in [0.3, 0.4) is 0 Å². The summed E-state index contributed by atoms with van der Waals surface area (Å²) in [6, 6.07) is 6.63. The minimum absolute atomic E-state index is 0.139. The Balaban J connectivity index is 2.15. The summed E-state index contributed by atoms with van der Waals surface area (Å²) in [6.07, 6.45) is 0.773. The molecule has 1 saturated heterocycles. The van der Waals surface area contributed by atoms with E-state index in [1.165, 1.54) is 4.90 Å². The molecule has 0 atom stereocenters. The van der Waals surface area contributed by atoms with Gasteiger partial charge in [-0.1, -0.05) is 26.0 Å². The van der Waals surface area contributed by atoms with E-state index in [-0.39, 0.29) is 29.5 Å². The second-order valence-electron chi connectivity index (χ2n) is 5.56. The van der Waals surface area contributed by atoms with Gasteiger partial charge < -0.3 is 5.11 Å². The number of aromatic hydroxyl groups is 1. The largest absolute Gasteiger partial charge is 0.508 e. The lowest BCUT2D eigenvalue weighted by Crippen LogP contribution is -2.45. The number of phenolic OH excluding ortho intramolecular Hbond substituents is 1. The molecular weight excluding hydrogens is 230 g/mol. The summed E-state index contributed by atoms with van der Waals surface area (Å²) in [4.78, 5) is 25.2. The molecule has 0 bridgehead atoms. The molecule has 0 aromatic heterocycles. The van der Waals surface area contributed by atoms with Gasteiger partial charge in [0.25, 0.3) is 0 Å². The van der Waals surface area contributed by atoms with Crippen LogP contribution in [0.1, 0.15) is 32.3 Å². The summed E-state index contributed by atoms with van der Waals surface area (Å²) >= 11 is 0. The number of benzene rings is 1. The molecule has 96 valence electrons. The lowest BCUT2D eigenvalue weighted by molar-refractivity contribution is -0.153. The van der Waals surface area contributed by atoms with Crippen molar-refractivity contribution in [3.05, 3.63) is 29.8 Å². The monoisotopic (exact) mass is 247 g/mol. The van der Waals surface area contributed by atoms with Crippen LogP contribution in [0.2, 0.25) is 0 Å². The highest BCUT2D eigenvalue weighted by Gasteiger charge is 2.37. The Kier molecular flexibility index (Phi) is 3.11. The van der Waals surface area contributed by atoms with Gasteiger partial charge in [0, 0.05) is 12.8 Å². The third-order valence-corrected chi connectivity index (χ3v) is 3.11. The average Bonchev–Trinajstić information content (AvgIpc) is 2.22. The number of rotatable bonds is 2. The Bertz CT molecular complexity index is 474. The van der Waals surface area contributed by atoms with Crippen molar-refractivity contribution in [2.75, 3.05) is 0 Å². The zero-order valence-corrected chi connectivity index (χ0v) is 10.6. The number of hydrogen-bond acceptors (Lipinski definition) is 3. The van der Waals surface area contributed by atoms with Crippen LogP contribution in [0.4, 0.5) is 0 Å². The minimum Gasteiger partial charge on any atom is -0.508 e. The number of carbonyl (C=O) groups is 2. The first kappa shape index (κ1) is 12.6. The smallest absolute Gasteiger partial charge is 0.230 e. The van der Waals surface area contributed by atoms with Crippen LogP contribution in [-0.2, 0) is 16.1 Å². The number of hydrogen-bond donors (Lipinski definition) is 1. The summed E-state index contributed by atoms with van der Waals surface area (Å²) in [6.45, 7) is 4.09. The van der Waals surface area contributed by atoms with Crippen LogP contribution >= 0.6 is 0 Å². The molecule has 4 heteroatoms. The van der Waals surface area contributed by atoms with Crippen LogP contribution in [0, 0.1) is 5.41 Å². The van der Waals surface area contributed by atoms with Gasteiger partial charge in [-0.05, 0) is 23.1 Å². The SMILES string of the molecule is CC1(C)CC(=O)N(Cc2cccc(O)c2)C(=O)C1. The molecule has 0 unspecified atom stereocenters. The Morgan fingerprint density at radius 2 is 1.83 bits per heavy atom. The normalized spacial score (nSPS) is 19.1. The van der Waals surface area contributed by atoms with Gasteiger partial charge in [-0.2, -0.15) is 0 Å². The van der Waals surface area contributed by atoms with Gasteiger partial charge in [-0.15, -0.1) is 0 Å². The van der Waals surface area contributed by atoms with Gasteiger partial charge >= 0.3 is 0 Å². The second kappa shape index (κ2) is 4.44. The van der Waals surface area contributed by atoms with Gasteiger partial charge in [-0.25, -0.2) is 0 Å². The average molecular weight is 247 g/mol. The van der Waals surface area contributed by atoms with Gasteiger partial charge in [-0.3, -0.25) is 14.5 Å². The minimum atomic E-state index is -0.247.